The van der Waals surface area contributed by atoms with Gasteiger partial charge in [0.25, 0.3) is 0 Å². The van der Waals surface area contributed by atoms with Crippen LogP contribution < -0.4 is 10.2 Å². The summed E-state index contributed by atoms with van der Waals surface area (Å²) in [7, 11) is 0. The zero-order chi connectivity index (χ0) is 20.5. The van der Waals surface area contributed by atoms with E-state index in [1.54, 1.807) is 27.6 Å². The van der Waals surface area contributed by atoms with Crippen molar-refractivity contribution >= 4 is 45.9 Å². The molecule has 5 rings (SSSR count). The summed E-state index contributed by atoms with van der Waals surface area (Å²) in [6.45, 7) is 1.88. The van der Waals surface area contributed by atoms with Gasteiger partial charge in [0, 0.05) is 29.3 Å². The zero-order valence-electron chi connectivity index (χ0n) is 16.5. The van der Waals surface area contributed by atoms with Crippen molar-refractivity contribution in [2.75, 3.05) is 29.9 Å². The highest BCUT2D eigenvalue weighted by Gasteiger charge is 2.32. The first-order valence-electron chi connectivity index (χ1n) is 10.2. The van der Waals surface area contributed by atoms with E-state index < -0.39 is 0 Å². The molecule has 1 saturated heterocycles. The molecule has 0 saturated carbocycles. The van der Waals surface area contributed by atoms with Crippen molar-refractivity contribution in [1.82, 2.24) is 4.90 Å². The van der Waals surface area contributed by atoms with Crippen molar-refractivity contribution < 1.29 is 9.59 Å². The second-order valence-electron chi connectivity index (χ2n) is 7.65. The molecule has 30 heavy (non-hydrogen) atoms. The summed E-state index contributed by atoms with van der Waals surface area (Å²) in [5, 5.41) is 7.32. The summed E-state index contributed by atoms with van der Waals surface area (Å²) >= 11 is 3.54. The van der Waals surface area contributed by atoms with Crippen molar-refractivity contribution in [3.63, 3.8) is 0 Å². The van der Waals surface area contributed by atoms with Crippen LogP contribution in [-0.4, -0.2) is 36.3 Å². The zero-order valence-corrected chi connectivity index (χ0v) is 18.2. The summed E-state index contributed by atoms with van der Waals surface area (Å²) in [5.41, 5.74) is 2.82. The minimum absolute atomic E-state index is 0.0469. The molecule has 1 unspecified atom stereocenters. The highest BCUT2D eigenvalue weighted by atomic mass is 32.1. The van der Waals surface area contributed by atoms with E-state index in [2.05, 4.69) is 39.2 Å². The summed E-state index contributed by atoms with van der Waals surface area (Å²) in [6, 6.07) is 14.1. The third-order valence-corrected chi connectivity index (χ3v) is 7.69. The van der Waals surface area contributed by atoms with Crippen LogP contribution in [0.5, 0.6) is 0 Å². The predicted octanol–water partition coefficient (Wildman–Crippen LogP) is 4.52. The molecule has 7 heteroatoms. The molecule has 0 aliphatic carbocycles. The molecular weight excluding hydrogens is 414 g/mol. The first-order chi connectivity index (χ1) is 14.7. The van der Waals surface area contributed by atoms with Gasteiger partial charge in [-0.25, -0.2) is 0 Å². The van der Waals surface area contributed by atoms with Crippen molar-refractivity contribution in [2.24, 2.45) is 0 Å². The third-order valence-electron chi connectivity index (χ3n) is 5.77. The number of para-hydroxylation sites is 2. The second-order valence-corrected chi connectivity index (χ2v) is 9.63. The van der Waals surface area contributed by atoms with E-state index in [0.29, 0.717) is 25.2 Å². The monoisotopic (exact) mass is 437 g/mol. The molecular formula is C23H23N3O2S2. The fourth-order valence-electron chi connectivity index (χ4n) is 4.41. The van der Waals surface area contributed by atoms with Gasteiger partial charge in [-0.3, -0.25) is 14.5 Å². The summed E-state index contributed by atoms with van der Waals surface area (Å²) in [6.07, 6.45) is 2.41. The standard InChI is InChI=1S/C23H23N3O2S2/c27-21(24-17-5-1-2-6-18(17)26-11-3-8-22(26)28)15-25-12-9-19-16(10-14-30-19)23(25)20-7-4-13-29-20/h1-2,4-7,10,13-14,23H,3,8-9,11-12,15H2,(H,24,27). The molecule has 0 spiro atoms. The molecule has 3 aromatic rings. The molecule has 1 aromatic carbocycles. The van der Waals surface area contributed by atoms with Gasteiger partial charge in [0.1, 0.15) is 0 Å². The van der Waals surface area contributed by atoms with Crippen LogP contribution in [0.25, 0.3) is 0 Å². The van der Waals surface area contributed by atoms with Gasteiger partial charge in [-0.1, -0.05) is 18.2 Å². The largest absolute Gasteiger partial charge is 0.323 e. The number of nitrogens with zero attached hydrogens (tertiary/aromatic N) is 2. The van der Waals surface area contributed by atoms with Crippen molar-refractivity contribution in [1.29, 1.82) is 0 Å². The first kappa shape index (κ1) is 19.5. The number of fused-ring (bicyclic) bond motifs is 1. The molecule has 1 fully saturated rings. The molecule has 0 radical (unpaired) electrons. The van der Waals surface area contributed by atoms with E-state index in [0.717, 1.165) is 25.1 Å². The number of rotatable bonds is 5. The minimum atomic E-state index is -0.0469. The number of thiophene rings is 2. The first-order valence-corrected chi connectivity index (χ1v) is 12.0. The summed E-state index contributed by atoms with van der Waals surface area (Å²) in [4.78, 5) is 32.0. The van der Waals surface area contributed by atoms with Crippen LogP contribution in [0.2, 0.25) is 0 Å². The van der Waals surface area contributed by atoms with Crippen molar-refractivity contribution in [2.45, 2.75) is 25.3 Å². The molecule has 1 atom stereocenters. The Bertz CT molecular complexity index is 1060. The van der Waals surface area contributed by atoms with Gasteiger partial charge < -0.3 is 10.2 Å². The number of hydrogen-bond donors (Lipinski definition) is 1. The average molecular weight is 438 g/mol. The average Bonchev–Trinajstić information content (AvgIpc) is 3.50. The number of amides is 2. The molecule has 4 heterocycles. The van der Waals surface area contributed by atoms with Gasteiger partial charge in [-0.05, 0) is 53.4 Å². The Hall–Kier alpha value is -2.48. The van der Waals surface area contributed by atoms with Crippen LogP contribution in [0.15, 0.2) is 53.2 Å². The Balaban J connectivity index is 1.35. The van der Waals surface area contributed by atoms with E-state index in [9.17, 15) is 9.59 Å². The van der Waals surface area contributed by atoms with Gasteiger partial charge >= 0.3 is 0 Å². The number of anilines is 2. The minimum Gasteiger partial charge on any atom is -0.323 e. The predicted molar refractivity (Wildman–Crippen MR) is 122 cm³/mol. The SMILES string of the molecule is O=C(CN1CCc2sccc2C1c1cccs1)Nc1ccccc1N1CCCC1=O. The Morgan fingerprint density at radius 1 is 1.03 bits per heavy atom. The molecule has 2 amide bonds. The van der Waals surface area contributed by atoms with Crippen LogP contribution >= 0.6 is 22.7 Å². The van der Waals surface area contributed by atoms with Crippen molar-refractivity contribution in [3.8, 4) is 0 Å². The van der Waals surface area contributed by atoms with Crippen molar-refractivity contribution in [3.05, 3.63) is 68.5 Å². The number of hydrogen-bond acceptors (Lipinski definition) is 5. The Kier molecular flexibility index (Phi) is 5.41. The maximum atomic E-state index is 13.0. The molecule has 2 aliphatic rings. The van der Waals surface area contributed by atoms with Gasteiger partial charge in [0.2, 0.25) is 11.8 Å². The lowest BCUT2D eigenvalue weighted by Gasteiger charge is -2.35. The van der Waals surface area contributed by atoms with E-state index in [-0.39, 0.29) is 17.9 Å². The number of carbonyl (C=O) groups excluding carboxylic acids is 2. The molecule has 154 valence electrons. The normalized spacial score (nSPS) is 19.1. The Morgan fingerprint density at radius 3 is 2.73 bits per heavy atom. The third kappa shape index (κ3) is 3.69. The number of carbonyl (C=O) groups is 2. The quantitative estimate of drug-likeness (QED) is 0.638. The fraction of sp³-hybridized carbons (Fsp3) is 0.304. The highest BCUT2D eigenvalue weighted by molar-refractivity contribution is 7.10. The van der Waals surface area contributed by atoms with Gasteiger partial charge in [0.15, 0.2) is 0 Å². The van der Waals surface area contributed by atoms with E-state index >= 15 is 0 Å². The van der Waals surface area contributed by atoms with Crippen LogP contribution in [0.3, 0.4) is 0 Å². The number of benzene rings is 1. The summed E-state index contributed by atoms with van der Waals surface area (Å²) in [5.74, 6) is 0.0739. The molecule has 2 aromatic heterocycles. The van der Waals surface area contributed by atoms with Crippen LogP contribution in [-0.2, 0) is 16.0 Å². The maximum absolute atomic E-state index is 13.0. The van der Waals surface area contributed by atoms with Gasteiger partial charge in [-0.2, -0.15) is 0 Å². The Labute approximate surface area is 183 Å². The number of nitrogens with one attached hydrogen (secondary N) is 1. The van der Waals surface area contributed by atoms with E-state index in [1.807, 2.05) is 24.3 Å². The van der Waals surface area contributed by atoms with Crippen LogP contribution in [0, 0.1) is 0 Å². The topological polar surface area (TPSA) is 52.7 Å². The smallest absolute Gasteiger partial charge is 0.238 e. The highest BCUT2D eigenvalue weighted by Crippen LogP contribution is 2.39. The second kappa shape index (κ2) is 8.34. The molecule has 1 N–H and O–H groups in total. The van der Waals surface area contributed by atoms with Crippen LogP contribution in [0.4, 0.5) is 11.4 Å². The lowest BCUT2D eigenvalue weighted by Crippen LogP contribution is -2.40. The molecule has 2 aliphatic heterocycles. The lowest BCUT2D eigenvalue weighted by atomic mass is 9.98. The van der Waals surface area contributed by atoms with Gasteiger partial charge in [0.05, 0.1) is 24.0 Å². The van der Waals surface area contributed by atoms with E-state index in [1.165, 1.54) is 15.3 Å². The Morgan fingerprint density at radius 2 is 1.93 bits per heavy atom. The molecule has 5 nitrogen and oxygen atoms in total. The van der Waals surface area contributed by atoms with E-state index in [4.69, 9.17) is 0 Å². The fourth-order valence-corrected chi connectivity index (χ4v) is 6.19. The van der Waals surface area contributed by atoms with Crippen LogP contribution in [0.1, 0.15) is 34.2 Å². The summed E-state index contributed by atoms with van der Waals surface area (Å²) < 4.78 is 0. The lowest BCUT2D eigenvalue weighted by molar-refractivity contribution is -0.118. The maximum Gasteiger partial charge on any atom is 0.238 e. The molecule has 0 bridgehead atoms. The van der Waals surface area contributed by atoms with Gasteiger partial charge in [-0.15, -0.1) is 22.7 Å².